The summed E-state index contributed by atoms with van der Waals surface area (Å²) in [5.74, 6) is -0.618. The molecular weight excluding hydrogens is 596 g/mol. The Bertz CT molecular complexity index is 691. The molecule has 0 aliphatic carbocycles. The maximum Gasteiger partial charge on any atom is 0.306 e. The quantitative estimate of drug-likeness (QED) is 0.0398. The molecule has 0 aliphatic heterocycles. The molecule has 5 nitrogen and oxygen atoms in total. The fourth-order valence-electron chi connectivity index (χ4n) is 6.32. The molecule has 48 heavy (non-hydrogen) atoms. The summed E-state index contributed by atoms with van der Waals surface area (Å²) in [5, 5.41) is 9.54. The average Bonchev–Trinajstić information content (AvgIpc) is 3.09. The minimum atomic E-state index is -0.775. The van der Waals surface area contributed by atoms with Crippen LogP contribution in [0, 0.1) is 0 Å². The summed E-state index contributed by atoms with van der Waals surface area (Å²) in [4.78, 5) is 24.2. The summed E-state index contributed by atoms with van der Waals surface area (Å²) >= 11 is 0. The largest absolute Gasteiger partial charge is 0.462 e. The normalized spacial score (nSPS) is 12.1. The maximum atomic E-state index is 12.1. The van der Waals surface area contributed by atoms with E-state index in [4.69, 9.17) is 9.47 Å². The highest BCUT2D eigenvalue weighted by atomic mass is 16.6. The van der Waals surface area contributed by atoms with Gasteiger partial charge < -0.3 is 14.6 Å². The number of hydrogen-bond donors (Lipinski definition) is 1. The van der Waals surface area contributed by atoms with Gasteiger partial charge in [-0.3, -0.25) is 9.59 Å². The molecule has 0 aromatic heterocycles. The first-order chi connectivity index (χ1) is 23.6. The van der Waals surface area contributed by atoms with Crippen LogP contribution in [0.1, 0.15) is 232 Å². The second kappa shape index (κ2) is 40.1. The highest BCUT2D eigenvalue weighted by Gasteiger charge is 2.16. The van der Waals surface area contributed by atoms with Crippen molar-refractivity contribution in [2.45, 2.75) is 238 Å². The number of carbonyl (C=O) groups excluding carboxylic acids is 2. The first-order valence-electron chi connectivity index (χ1n) is 21.2. The summed E-state index contributed by atoms with van der Waals surface area (Å²) in [6, 6.07) is 0. The molecule has 0 spiro atoms. The van der Waals surface area contributed by atoms with Crippen molar-refractivity contribution in [3.8, 4) is 0 Å². The third-order valence-electron chi connectivity index (χ3n) is 9.56. The minimum Gasteiger partial charge on any atom is -0.462 e. The van der Waals surface area contributed by atoms with Gasteiger partial charge in [-0.15, -0.1) is 0 Å². The summed E-state index contributed by atoms with van der Waals surface area (Å²) in [7, 11) is 0. The number of unbranched alkanes of at least 4 members (excludes halogenated alkanes) is 29. The Kier molecular flexibility index (Phi) is 38.9. The van der Waals surface area contributed by atoms with Crippen molar-refractivity contribution in [1.82, 2.24) is 0 Å². The lowest BCUT2D eigenvalue weighted by atomic mass is 10.0. The van der Waals surface area contributed by atoms with Crippen molar-refractivity contribution in [1.29, 1.82) is 0 Å². The van der Waals surface area contributed by atoms with Crippen LogP contribution in [0.2, 0.25) is 0 Å². The van der Waals surface area contributed by atoms with Crippen LogP contribution in [0.3, 0.4) is 0 Å². The van der Waals surface area contributed by atoms with Crippen LogP contribution in [-0.2, 0) is 19.1 Å². The van der Waals surface area contributed by atoms with Crippen LogP contribution in [-0.4, -0.2) is 36.4 Å². The Morgan fingerprint density at radius 2 is 0.792 bits per heavy atom. The van der Waals surface area contributed by atoms with Gasteiger partial charge in [-0.2, -0.15) is 0 Å². The lowest BCUT2D eigenvalue weighted by Crippen LogP contribution is -2.28. The SMILES string of the molecule is CCCCCCCCCCCCCCCCCCCC/C=C/CCCC(=O)OC[C@H](CO)OC(=O)CCCCCCCCCCCCC. The van der Waals surface area contributed by atoms with E-state index >= 15 is 0 Å². The number of hydrogen-bond acceptors (Lipinski definition) is 5. The smallest absolute Gasteiger partial charge is 0.306 e. The van der Waals surface area contributed by atoms with Gasteiger partial charge in [-0.1, -0.05) is 199 Å². The predicted octanol–water partition coefficient (Wildman–Crippen LogP) is 13.3. The fraction of sp³-hybridized carbons (Fsp3) is 0.907. The number of carbonyl (C=O) groups is 2. The van der Waals surface area contributed by atoms with Gasteiger partial charge in [0.05, 0.1) is 6.61 Å². The molecule has 284 valence electrons. The van der Waals surface area contributed by atoms with Crippen LogP contribution in [0.4, 0.5) is 0 Å². The Morgan fingerprint density at radius 3 is 1.19 bits per heavy atom. The van der Waals surface area contributed by atoms with Crippen LogP contribution in [0.25, 0.3) is 0 Å². The third kappa shape index (κ3) is 37.5. The Balaban J connectivity index is 3.48. The van der Waals surface area contributed by atoms with E-state index in [0.717, 1.165) is 38.5 Å². The van der Waals surface area contributed by atoms with E-state index in [2.05, 4.69) is 26.0 Å². The van der Waals surface area contributed by atoms with Gasteiger partial charge in [0.1, 0.15) is 6.61 Å². The summed E-state index contributed by atoms with van der Waals surface area (Å²) in [6.07, 6.45) is 45.8. The standard InChI is InChI=1S/C43H82O5/c1-3-5-7-9-11-13-15-16-17-18-19-20-21-22-23-24-25-26-28-29-31-33-35-37-42(45)47-40-41(39-44)48-43(46)38-36-34-32-30-27-14-12-10-8-6-4-2/h29,31,41,44H,3-28,30,32-40H2,1-2H3/b31-29+/t41-/m0/s1. The molecule has 0 saturated carbocycles. The fourth-order valence-corrected chi connectivity index (χ4v) is 6.32. The van der Waals surface area contributed by atoms with Crippen molar-refractivity contribution in [3.05, 3.63) is 12.2 Å². The molecule has 0 aromatic carbocycles. The number of rotatable bonds is 39. The van der Waals surface area contributed by atoms with Crippen LogP contribution in [0.15, 0.2) is 12.2 Å². The van der Waals surface area contributed by atoms with Gasteiger partial charge >= 0.3 is 11.9 Å². The summed E-state index contributed by atoms with van der Waals surface area (Å²) in [5.41, 5.74) is 0. The zero-order valence-electron chi connectivity index (χ0n) is 32.3. The molecule has 0 aliphatic rings. The van der Waals surface area contributed by atoms with Gasteiger partial charge in [0, 0.05) is 12.8 Å². The second-order valence-electron chi connectivity index (χ2n) is 14.4. The van der Waals surface area contributed by atoms with E-state index in [-0.39, 0.29) is 25.2 Å². The Morgan fingerprint density at radius 1 is 0.458 bits per heavy atom. The van der Waals surface area contributed by atoms with Gasteiger partial charge in [0.25, 0.3) is 0 Å². The van der Waals surface area contributed by atoms with Crippen molar-refractivity contribution in [3.63, 3.8) is 0 Å². The molecule has 0 saturated heterocycles. The predicted molar refractivity (Wildman–Crippen MR) is 205 cm³/mol. The van der Waals surface area contributed by atoms with E-state index in [1.807, 2.05) is 0 Å². The molecule has 0 rings (SSSR count). The van der Waals surface area contributed by atoms with Gasteiger partial charge in [0.15, 0.2) is 6.10 Å². The molecule has 0 fully saturated rings. The number of allylic oxidation sites excluding steroid dienone is 2. The molecule has 0 radical (unpaired) electrons. The molecule has 1 N–H and O–H groups in total. The molecular formula is C43H82O5. The van der Waals surface area contributed by atoms with E-state index < -0.39 is 6.10 Å². The zero-order valence-corrected chi connectivity index (χ0v) is 32.3. The van der Waals surface area contributed by atoms with Crippen LogP contribution in [0.5, 0.6) is 0 Å². The summed E-state index contributed by atoms with van der Waals surface area (Å²) in [6.45, 7) is 4.13. The zero-order chi connectivity index (χ0) is 35.0. The lowest BCUT2D eigenvalue weighted by molar-refractivity contribution is -0.161. The van der Waals surface area contributed by atoms with Gasteiger partial charge in [-0.25, -0.2) is 0 Å². The van der Waals surface area contributed by atoms with Gasteiger partial charge in [0.2, 0.25) is 0 Å². The van der Waals surface area contributed by atoms with E-state index in [0.29, 0.717) is 12.8 Å². The number of esters is 2. The second-order valence-corrected chi connectivity index (χ2v) is 14.4. The molecule has 0 bridgehead atoms. The maximum absolute atomic E-state index is 12.1. The van der Waals surface area contributed by atoms with Crippen molar-refractivity contribution in [2.24, 2.45) is 0 Å². The molecule has 0 heterocycles. The van der Waals surface area contributed by atoms with Crippen molar-refractivity contribution >= 4 is 11.9 Å². The molecule has 0 amide bonds. The van der Waals surface area contributed by atoms with Crippen molar-refractivity contribution < 1.29 is 24.2 Å². The summed E-state index contributed by atoms with van der Waals surface area (Å²) < 4.78 is 10.6. The highest BCUT2D eigenvalue weighted by Crippen LogP contribution is 2.15. The monoisotopic (exact) mass is 679 g/mol. The van der Waals surface area contributed by atoms with Gasteiger partial charge in [-0.05, 0) is 32.1 Å². The van der Waals surface area contributed by atoms with E-state index in [1.54, 1.807) is 0 Å². The third-order valence-corrected chi connectivity index (χ3v) is 9.56. The van der Waals surface area contributed by atoms with Crippen molar-refractivity contribution in [2.75, 3.05) is 13.2 Å². The minimum absolute atomic E-state index is 0.0749. The molecule has 5 heteroatoms. The highest BCUT2D eigenvalue weighted by molar-refractivity contribution is 5.70. The lowest BCUT2D eigenvalue weighted by Gasteiger charge is -2.15. The van der Waals surface area contributed by atoms with E-state index in [9.17, 15) is 14.7 Å². The number of aliphatic hydroxyl groups is 1. The molecule has 0 aromatic rings. The van der Waals surface area contributed by atoms with E-state index in [1.165, 1.54) is 167 Å². The van der Waals surface area contributed by atoms with Crippen LogP contribution >= 0.6 is 0 Å². The number of aliphatic hydroxyl groups excluding tert-OH is 1. The topological polar surface area (TPSA) is 72.8 Å². The number of ether oxygens (including phenoxy) is 2. The Labute approximate surface area is 299 Å². The average molecular weight is 679 g/mol. The van der Waals surface area contributed by atoms with Crippen LogP contribution < -0.4 is 0 Å². The molecule has 1 atom stereocenters. The first kappa shape index (κ1) is 46.6. The Hall–Kier alpha value is -1.36. The molecule has 0 unspecified atom stereocenters. The first-order valence-corrected chi connectivity index (χ1v) is 21.2.